The first kappa shape index (κ1) is 8.77. The smallest absolute Gasteiger partial charge is 0.149 e. The third kappa shape index (κ3) is 2.38. The number of nitrogens with one attached hydrogen (secondary N) is 1. The molecule has 12 heavy (non-hydrogen) atoms. The van der Waals surface area contributed by atoms with E-state index < -0.39 is 0 Å². The van der Waals surface area contributed by atoms with Gasteiger partial charge in [-0.2, -0.15) is 0 Å². The zero-order valence-electron chi connectivity index (χ0n) is 7.41. The highest BCUT2D eigenvalue weighted by molar-refractivity contribution is 5.38. The van der Waals surface area contributed by atoms with E-state index in [1.54, 1.807) is 6.07 Å². The Bertz CT molecular complexity index is 231. The van der Waals surface area contributed by atoms with Gasteiger partial charge in [0.05, 0.1) is 0 Å². The SMILES string of the molecule is CCC(C)Nc1ccc(N)nn1. The van der Waals surface area contributed by atoms with Crippen molar-refractivity contribution in [1.82, 2.24) is 10.2 Å². The lowest BCUT2D eigenvalue weighted by Crippen LogP contribution is -2.14. The Labute approximate surface area is 72.2 Å². The number of hydrogen-bond donors (Lipinski definition) is 2. The van der Waals surface area contributed by atoms with Crippen LogP contribution in [-0.2, 0) is 0 Å². The van der Waals surface area contributed by atoms with Crippen molar-refractivity contribution in [1.29, 1.82) is 0 Å². The van der Waals surface area contributed by atoms with Crippen LogP contribution in [0.5, 0.6) is 0 Å². The number of rotatable bonds is 3. The summed E-state index contributed by atoms with van der Waals surface area (Å²) in [5.41, 5.74) is 5.39. The average molecular weight is 166 g/mol. The summed E-state index contributed by atoms with van der Waals surface area (Å²) in [7, 11) is 0. The highest BCUT2D eigenvalue weighted by Crippen LogP contribution is 2.05. The van der Waals surface area contributed by atoms with Gasteiger partial charge < -0.3 is 11.1 Å². The lowest BCUT2D eigenvalue weighted by Gasteiger charge is -2.10. The lowest BCUT2D eigenvalue weighted by atomic mass is 10.2. The summed E-state index contributed by atoms with van der Waals surface area (Å²) in [5, 5.41) is 10.8. The van der Waals surface area contributed by atoms with E-state index in [2.05, 4.69) is 29.4 Å². The number of aromatic nitrogens is 2. The third-order valence-electron chi connectivity index (χ3n) is 1.69. The van der Waals surface area contributed by atoms with Crippen LogP contribution in [0.1, 0.15) is 20.3 Å². The van der Waals surface area contributed by atoms with Crippen LogP contribution in [0.25, 0.3) is 0 Å². The zero-order chi connectivity index (χ0) is 8.97. The molecule has 0 aliphatic carbocycles. The van der Waals surface area contributed by atoms with E-state index >= 15 is 0 Å². The molecule has 0 bridgehead atoms. The highest BCUT2D eigenvalue weighted by Gasteiger charge is 1.99. The van der Waals surface area contributed by atoms with E-state index in [9.17, 15) is 0 Å². The number of hydrogen-bond acceptors (Lipinski definition) is 4. The fraction of sp³-hybridized carbons (Fsp3) is 0.500. The summed E-state index contributed by atoms with van der Waals surface area (Å²) in [4.78, 5) is 0. The molecule has 4 heteroatoms. The molecule has 0 saturated heterocycles. The minimum absolute atomic E-state index is 0.419. The maximum atomic E-state index is 5.39. The fourth-order valence-corrected chi connectivity index (χ4v) is 0.774. The van der Waals surface area contributed by atoms with Gasteiger partial charge in [-0.05, 0) is 25.5 Å². The van der Waals surface area contributed by atoms with Crippen LogP contribution in [0.2, 0.25) is 0 Å². The van der Waals surface area contributed by atoms with Crippen molar-refractivity contribution >= 4 is 11.6 Å². The van der Waals surface area contributed by atoms with Crippen LogP contribution in [0.3, 0.4) is 0 Å². The summed E-state index contributed by atoms with van der Waals surface area (Å²) in [6.07, 6.45) is 1.06. The van der Waals surface area contributed by atoms with Gasteiger partial charge in [0, 0.05) is 6.04 Å². The predicted octanol–water partition coefficient (Wildman–Crippen LogP) is 1.27. The van der Waals surface area contributed by atoms with Gasteiger partial charge in [0.15, 0.2) is 0 Å². The summed E-state index contributed by atoms with van der Waals surface area (Å²) in [5.74, 6) is 1.23. The van der Waals surface area contributed by atoms with Crippen molar-refractivity contribution in [3.63, 3.8) is 0 Å². The maximum Gasteiger partial charge on any atom is 0.149 e. The van der Waals surface area contributed by atoms with E-state index in [0.29, 0.717) is 11.9 Å². The van der Waals surface area contributed by atoms with Gasteiger partial charge in [0.25, 0.3) is 0 Å². The molecule has 0 radical (unpaired) electrons. The van der Waals surface area contributed by atoms with Crippen molar-refractivity contribution in [3.05, 3.63) is 12.1 Å². The first-order valence-corrected chi connectivity index (χ1v) is 4.08. The molecule has 0 aromatic carbocycles. The molecule has 4 nitrogen and oxygen atoms in total. The molecule has 0 aliphatic rings. The van der Waals surface area contributed by atoms with Crippen molar-refractivity contribution in [2.24, 2.45) is 0 Å². The number of nitrogens with zero attached hydrogens (tertiary/aromatic N) is 2. The van der Waals surface area contributed by atoms with Crippen molar-refractivity contribution in [2.75, 3.05) is 11.1 Å². The van der Waals surface area contributed by atoms with E-state index in [4.69, 9.17) is 5.73 Å². The van der Waals surface area contributed by atoms with Gasteiger partial charge in [0.2, 0.25) is 0 Å². The van der Waals surface area contributed by atoms with E-state index in [0.717, 1.165) is 12.2 Å². The monoisotopic (exact) mass is 166 g/mol. The normalized spacial score (nSPS) is 12.5. The molecule has 1 aromatic heterocycles. The van der Waals surface area contributed by atoms with Crippen LogP contribution in [0.4, 0.5) is 11.6 Å². The Morgan fingerprint density at radius 2 is 2.25 bits per heavy atom. The van der Waals surface area contributed by atoms with Gasteiger partial charge in [-0.3, -0.25) is 0 Å². The lowest BCUT2D eigenvalue weighted by molar-refractivity contribution is 0.755. The molecule has 1 aromatic rings. The zero-order valence-corrected chi connectivity index (χ0v) is 7.41. The van der Waals surface area contributed by atoms with Gasteiger partial charge in [0.1, 0.15) is 11.6 Å². The van der Waals surface area contributed by atoms with Crippen molar-refractivity contribution in [2.45, 2.75) is 26.3 Å². The number of nitrogens with two attached hydrogens (primary N) is 1. The predicted molar refractivity (Wildman–Crippen MR) is 49.8 cm³/mol. The Morgan fingerprint density at radius 3 is 2.75 bits per heavy atom. The first-order chi connectivity index (χ1) is 5.72. The molecule has 3 N–H and O–H groups in total. The molecule has 0 spiro atoms. The molecule has 0 saturated carbocycles. The third-order valence-corrected chi connectivity index (χ3v) is 1.69. The quantitative estimate of drug-likeness (QED) is 0.709. The van der Waals surface area contributed by atoms with Gasteiger partial charge in [-0.25, -0.2) is 0 Å². The van der Waals surface area contributed by atoms with Crippen LogP contribution in [0.15, 0.2) is 12.1 Å². The van der Waals surface area contributed by atoms with E-state index in [1.165, 1.54) is 0 Å². The second-order valence-electron chi connectivity index (χ2n) is 2.80. The summed E-state index contributed by atoms with van der Waals surface area (Å²) >= 11 is 0. The van der Waals surface area contributed by atoms with Gasteiger partial charge in [-0.1, -0.05) is 6.92 Å². The molecule has 0 amide bonds. The minimum Gasteiger partial charge on any atom is -0.382 e. The topological polar surface area (TPSA) is 63.8 Å². The van der Waals surface area contributed by atoms with Crippen LogP contribution >= 0.6 is 0 Å². The summed E-state index contributed by atoms with van der Waals surface area (Å²) in [6.45, 7) is 4.21. The van der Waals surface area contributed by atoms with E-state index in [1.807, 2.05) is 6.07 Å². The van der Waals surface area contributed by atoms with Crippen LogP contribution in [0, 0.1) is 0 Å². The minimum atomic E-state index is 0.419. The Morgan fingerprint density at radius 1 is 1.50 bits per heavy atom. The first-order valence-electron chi connectivity index (χ1n) is 4.08. The molecule has 1 unspecified atom stereocenters. The Balaban J connectivity index is 2.58. The summed E-state index contributed by atoms with van der Waals surface area (Å²) < 4.78 is 0. The molecule has 1 rings (SSSR count). The van der Waals surface area contributed by atoms with Gasteiger partial charge in [-0.15, -0.1) is 10.2 Å². The largest absolute Gasteiger partial charge is 0.382 e. The molecule has 0 aliphatic heterocycles. The second kappa shape index (κ2) is 3.90. The molecule has 0 fully saturated rings. The molecular weight excluding hydrogens is 152 g/mol. The second-order valence-corrected chi connectivity index (χ2v) is 2.80. The van der Waals surface area contributed by atoms with Crippen LogP contribution in [-0.4, -0.2) is 16.2 Å². The summed E-state index contributed by atoms with van der Waals surface area (Å²) in [6, 6.07) is 3.98. The van der Waals surface area contributed by atoms with Crippen molar-refractivity contribution < 1.29 is 0 Å². The highest BCUT2D eigenvalue weighted by atomic mass is 15.2. The Kier molecular flexibility index (Phi) is 2.85. The van der Waals surface area contributed by atoms with Crippen molar-refractivity contribution in [3.8, 4) is 0 Å². The standard InChI is InChI=1S/C8H14N4/c1-3-6(2)10-8-5-4-7(9)11-12-8/h4-6H,3H2,1-2H3,(H2,9,11)(H,10,12). The Hall–Kier alpha value is -1.32. The molecule has 66 valence electrons. The fourth-order valence-electron chi connectivity index (χ4n) is 0.774. The number of nitrogen functional groups attached to an aromatic ring is 1. The maximum absolute atomic E-state index is 5.39. The average Bonchev–Trinajstić information content (AvgIpc) is 2.09. The number of anilines is 2. The molecule has 1 atom stereocenters. The van der Waals surface area contributed by atoms with Gasteiger partial charge >= 0.3 is 0 Å². The molecule has 1 heterocycles. The molecular formula is C8H14N4. The van der Waals surface area contributed by atoms with E-state index in [-0.39, 0.29) is 0 Å². The van der Waals surface area contributed by atoms with Crippen LogP contribution < -0.4 is 11.1 Å².